The van der Waals surface area contributed by atoms with Crippen LogP contribution in [0, 0.1) is 5.82 Å². The molecule has 0 saturated carbocycles. The Balaban J connectivity index is 1.46. The minimum absolute atomic E-state index is 0.0248. The van der Waals surface area contributed by atoms with Gasteiger partial charge in [0.05, 0.1) is 5.69 Å². The lowest BCUT2D eigenvalue weighted by Gasteiger charge is -2.46. The molecular weight excluding hydrogens is 658 g/mol. The van der Waals surface area contributed by atoms with E-state index >= 15 is 4.39 Å². The molecule has 0 aromatic heterocycles. The molecule has 0 N–H and O–H groups in total. The second kappa shape index (κ2) is 11.8. The SMILES string of the molecule is CC(C)(C)c1ccc(N2c3ccc(C(C)(C)C)cc3B3c4cc(C(C)(C)C)ccc4N(c4cc5c(cc4F)C(C)(C)CCC5(C)C)c4cccc2c43)cc1. The van der Waals surface area contributed by atoms with Crippen molar-refractivity contribution in [2.45, 2.75) is 130 Å². The summed E-state index contributed by atoms with van der Waals surface area (Å²) in [4.78, 5) is 4.71. The zero-order valence-electron chi connectivity index (χ0n) is 34.9. The van der Waals surface area contributed by atoms with Gasteiger partial charge in [0.2, 0.25) is 0 Å². The number of rotatable bonds is 2. The number of hydrogen-bond acceptors (Lipinski definition) is 2. The van der Waals surface area contributed by atoms with E-state index in [4.69, 9.17) is 0 Å². The van der Waals surface area contributed by atoms with Gasteiger partial charge in [0, 0.05) is 28.4 Å². The maximum absolute atomic E-state index is 17.2. The number of fused-ring (bicyclic) bond motifs is 5. The van der Waals surface area contributed by atoms with Crippen LogP contribution < -0.4 is 26.2 Å². The first-order chi connectivity index (χ1) is 25.1. The highest BCUT2D eigenvalue weighted by atomic mass is 19.1. The van der Waals surface area contributed by atoms with Crippen LogP contribution in [-0.2, 0) is 27.1 Å². The summed E-state index contributed by atoms with van der Waals surface area (Å²) in [5, 5.41) is 0. The second-order valence-corrected chi connectivity index (χ2v) is 20.8. The highest BCUT2D eigenvalue weighted by Crippen LogP contribution is 2.51. The monoisotopic (exact) mass is 716 g/mol. The molecule has 8 rings (SSSR count). The van der Waals surface area contributed by atoms with Crippen molar-refractivity contribution in [3.05, 3.63) is 125 Å². The third-order valence-corrected chi connectivity index (χ3v) is 12.9. The first kappa shape index (κ1) is 36.7. The smallest absolute Gasteiger partial charge is 0.252 e. The molecule has 0 fully saturated rings. The van der Waals surface area contributed by atoms with Crippen molar-refractivity contribution in [1.29, 1.82) is 0 Å². The van der Waals surface area contributed by atoms with Gasteiger partial charge in [-0.3, -0.25) is 0 Å². The van der Waals surface area contributed by atoms with Crippen LogP contribution in [0.25, 0.3) is 0 Å². The van der Waals surface area contributed by atoms with Crippen LogP contribution in [0.2, 0.25) is 0 Å². The van der Waals surface area contributed by atoms with Gasteiger partial charge in [0.15, 0.2) is 0 Å². The number of halogens is 1. The van der Waals surface area contributed by atoms with Crippen LogP contribution in [0.3, 0.4) is 0 Å². The summed E-state index contributed by atoms with van der Waals surface area (Å²) in [6, 6.07) is 33.9. The molecule has 0 atom stereocenters. The summed E-state index contributed by atoms with van der Waals surface area (Å²) < 4.78 is 17.2. The molecule has 5 aromatic rings. The molecule has 1 aliphatic carbocycles. The molecule has 0 spiro atoms. The molecule has 0 bridgehead atoms. The van der Waals surface area contributed by atoms with Gasteiger partial charge in [-0.15, -0.1) is 0 Å². The van der Waals surface area contributed by atoms with E-state index in [0.29, 0.717) is 5.69 Å². The van der Waals surface area contributed by atoms with Crippen LogP contribution in [0.5, 0.6) is 0 Å². The third-order valence-electron chi connectivity index (χ3n) is 12.9. The first-order valence-corrected chi connectivity index (χ1v) is 20.0. The fraction of sp³-hybridized carbons (Fsp3) is 0.400. The predicted octanol–water partition coefficient (Wildman–Crippen LogP) is 12.1. The summed E-state index contributed by atoms with van der Waals surface area (Å²) >= 11 is 0. The Kier molecular flexibility index (Phi) is 8.04. The fourth-order valence-electron chi connectivity index (χ4n) is 9.27. The maximum atomic E-state index is 17.2. The minimum atomic E-state index is -0.165. The van der Waals surface area contributed by atoms with E-state index < -0.39 is 0 Å². The number of nitrogens with zero attached hydrogens (tertiary/aromatic N) is 2. The summed E-state index contributed by atoms with van der Waals surface area (Å²) in [5.74, 6) is -0.165. The van der Waals surface area contributed by atoms with Gasteiger partial charge in [-0.05, 0) is 133 Å². The summed E-state index contributed by atoms with van der Waals surface area (Å²) in [6.07, 6.45) is 2.12. The summed E-state index contributed by atoms with van der Waals surface area (Å²) in [6.45, 7) is 29.8. The van der Waals surface area contributed by atoms with Gasteiger partial charge in [-0.2, -0.15) is 0 Å². The normalized spacial score (nSPS) is 17.1. The summed E-state index contributed by atoms with van der Waals surface area (Å²) in [7, 11) is 0. The van der Waals surface area contributed by atoms with Gasteiger partial charge < -0.3 is 9.80 Å². The number of hydrogen-bond donors (Lipinski definition) is 0. The van der Waals surface area contributed by atoms with Crippen LogP contribution in [0.1, 0.15) is 131 Å². The van der Waals surface area contributed by atoms with Crippen LogP contribution >= 0.6 is 0 Å². The van der Waals surface area contributed by atoms with E-state index in [9.17, 15) is 0 Å². The van der Waals surface area contributed by atoms with Crippen molar-refractivity contribution < 1.29 is 4.39 Å². The largest absolute Gasteiger partial charge is 0.311 e. The quantitative estimate of drug-likeness (QED) is 0.164. The topological polar surface area (TPSA) is 6.48 Å². The van der Waals surface area contributed by atoms with Crippen LogP contribution in [0.4, 0.5) is 38.5 Å². The van der Waals surface area contributed by atoms with Gasteiger partial charge in [-0.1, -0.05) is 132 Å². The van der Waals surface area contributed by atoms with Crippen LogP contribution in [0.15, 0.2) is 91.0 Å². The lowest BCUT2D eigenvalue weighted by atomic mass is 9.33. The molecule has 4 heteroatoms. The van der Waals surface area contributed by atoms with Crippen molar-refractivity contribution >= 4 is 57.2 Å². The molecular formula is C50H58BFN2. The van der Waals surface area contributed by atoms with E-state index in [0.717, 1.165) is 41.2 Å². The minimum Gasteiger partial charge on any atom is -0.311 e. The molecule has 5 aromatic carbocycles. The zero-order valence-corrected chi connectivity index (χ0v) is 34.9. The molecule has 3 aliphatic rings. The van der Waals surface area contributed by atoms with Gasteiger partial charge in [0.25, 0.3) is 6.71 Å². The van der Waals surface area contributed by atoms with E-state index in [1.54, 1.807) is 0 Å². The van der Waals surface area contributed by atoms with E-state index in [1.165, 1.54) is 44.3 Å². The molecule has 0 amide bonds. The molecule has 2 nitrogen and oxygen atoms in total. The highest BCUT2D eigenvalue weighted by molar-refractivity contribution is 7.00. The van der Waals surface area contributed by atoms with Gasteiger partial charge in [0.1, 0.15) is 5.82 Å². The number of anilines is 6. The second-order valence-electron chi connectivity index (χ2n) is 20.8. The average Bonchev–Trinajstić information content (AvgIpc) is 3.09. The van der Waals surface area contributed by atoms with Crippen molar-refractivity contribution in [3.8, 4) is 0 Å². The fourth-order valence-corrected chi connectivity index (χ4v) is 9.27. The van der Waals surface area contributed by atoms with E-state index in [2.05, 4.69) is 185 Å². The molecule has 278 valence electrons. The van der Waals surface area contributed by atoms with Crippen molar-refractivity contribution in [3.63, 3.8) is 0 Å². The van der Waals surface area contributed by atoms with E-state index in [1.807, 2.05) is 6.07 Å². The first-order valence-electron chi connectivity index (χ1n) is 20.0. The third kappa shape index (κ3) is 5.73. The number of benzene rings is 5. The Labute approximate surface area is 324 Å². The van der Waals surface area contributed by atoms with Crippen molar-refractivity contribution in [2.75, 3.05) is 9.80 Å². The lowest BCUT2D eigenvalue weighted by molar-refractivity contribution is 0.330. The van der Waals surface area contributed by atoms with Crippen molar-refractivity contribution in [1.82, 2.24) is 0 Å². The average molecular weight is 717 g/mol. The molecule has 0 saturated heterocycles. The van der Waals surface area contributed by atoms with Crippen LogP contribution in [-0.4, -0.2) is 6.71 Å². The Bertz CT molecular complexity index is 2310. The van der Waals surface area contributed by atoms with E-state index in [-0.39, 0.29) is 39.6 Å². The Morgan fingerprint density at radius 1 is 0.500 bits per heavy atom. The maximum Gasteiger partial charge on any atom is 0.252 e. The molecule has 54 heavy (non-hydrogen) atoms. The Morgan fingerprint density at radius 2 is 0.944 bits per heavy atom. The summed E-state index contributed by atoms with van der Waals surface area (Å²) in [5.41, 5.74) is 16.1. The molecule has 2 heterocycles. The lowest BCUT2D eigenvalue weighted by Crippen LogP contribution is -2.61. The Hall–Kier alpha value is -4.31. The highest BCUT2D eigenvalue weighted by Gasteiger charge is 2.45. The molecule has 0 unspecified atom stereocenters. The molecule has 0 radical (unpaired) electrons. The van der Waals surface area contributed by atoms with Gasteiger partial charge in [-0.25, -0.2) is 4.39 Å². The Morgan fingerprint density at radius 3 is 1.44 bits per heavy atom. The predicted molar refractivity (Wildman–Crippen MR) is 232 cm³/mol. The van der Waals surface area contributed by atoms with Gasteiger partial charge >= 0.3 is 0 Å². The molecule has 2 aliphatic heterocycles. The zero-order chi connectivity index (χ0) is 38.9. The van der Waals surface area contributed by atoms with Crippen molar-refractivity contribution in [2.24, 2.45) is 0 Å². The standard InChI is InChI=1S/C50H58BFN2/c1-46(2,3)31-17-21-34(22-18-31)53-40-23-19-32(47(4,5)6)27-37(40)51-38-28-33(48(7,8)9)20-24-41(38)54(43-16-14-15-42(53)45(43)51)44-30-36-35(29-39(44)52)49(10,11)25-26-50(36,12)13/h14-24,27-30H,25-26H2,1-13H3.